The quantitative estimate of drug-likeness (QED) is 0.510. The van der Waals surface area contributed by atoms with Crippen LogP contribution < -0.4 is 5.32 Å². The maximum absolute atomic E-state index is 11.7. The maximum Gasteiger partial charge on any atom is 0.330 e. The predicted molar refractivity (Wildman–Crippen MR) is 84.5 cm³/mol. The van der Waals surface area contributed by atoms with Gasteiger partial charge < -0.3 is 4.74 Å². The van der Waals surface area contributed by atoms with Crippen molar-refractivity contribution in [2.45, 2.75) is 31.7 Å². The molecule has 108 valence electrons. The van der Waals surface area contributed by atoms with Gasteiger partial charge in [-0.1, -0.05) is 44.5 Å². The second kappa shape index (κ2) is 6.46. The van der Waals surface area contributed by atoms with Crippen LogP contribution in [0.2, 0.25) is 0 Å². The molecule has 1 aromatic carbocycles. The largest absolute Gasteiger partial charge is 0.466 e. The number of fused-ring (bicyclic) bond motifs is 1. The summed E-state index contributed by atoms with van der Waals surface area (Å²) in [4.78, 5) is 11.7. The van der Waals surface area contributed by atoms with Crippen molar-refractivity contribution in [1.29, 1.82) is 0 Å². The molecule has 1 N–H and O–H groups in total. The molecule has 0 aromatic heterocycles. The van der Waals surface area contributed by atoms with E-state index in [4.69, 9.17) is 4.74 Å². The van der Waals surface area contributed by atoms with E-state index in [9.17, 15) is 4.79 Å². The zero-order chi connectivity index (χ0) is 14.7. The number of nitrogens with one attached hydrogen (secondary N) is 1. The molecular formula is C16H21NO2S. The van der Waals surface area contributed by atoms with Crippen LogP contribution in [0.1, 0.15) is 36.8 Å². The molecule has 0 saturated heterocycles. The number of hydrogen-bond acceptors (Lipinski definition) is 4. The van der Waals surface area contributed by atoms with Crippen LogP contribution in [-0.4, -0.2) is 19.1 Å². The highest BCUT2D eigenvalue weighted by Crippen LogP contribution is 2.37. The fraction of sp³-hybridized carbons (Fsp3) is 0.438. The van der Waals surface area contributed by atoms with Crippen LogP contribution >= 0.6 is 12.6 Å². The van der Waals surface area contributed by atoms with E-state index in [0.717, 1.165) is 23.1 Å². The predicted octanol–water partition coefficient (Wildman–Crippen LogP) is 3.19. The van der Waals surface area contributed by atoms with Gasteiger partial charge >= 0.3 is 5.97 Å². The highest BCUT2D eigenvalue weighted by Gasteiger charge is 2.31. The van der Waals surface area contributed by atoms with Crippen molar-refractivity contribution >= 4 is 24.2 Å². The first-order valence-electron chi connectivity index (χ1n) is 6.91. The minimum atomic E-state index is -0.317. The molecule has 0 aliphatic carbocycles. The van der Waals surface area contributed by atoms with Crippen molar-refractivity contribution in [2.24, 2.45) is 5.92 Å². The molecule has 1 heterocycles. The Bertz CT molecular complexity index is 527. The fourth-order valence-corrected chi connectivity index (χ4v) is 2.96. The summed E-state index contributed by atoms with van der Waals surface area (Å²) in [6.45, 7) is 4.33. The molecule has 0 bridgehead atoms. The van der Waals surface area contributed by atoms with Gasteiger partial charge in [-0.2, -0.15) is 12.6 Å². The SMILES string of the molecule is CC[C@H](C)[C@@H]1N[C@@H](S)c2ccccc2/C1=C/C(=O)OC. The molecule has 0 radical (unpaired) electrons. The van der Waals surface area contributed by atoms with Gasteiger partial charge in [0.2, 0.25) is 0 Å². The summed E-state index contributed by atoms with van der Waals surface area (Å²) in [7, 11) is 1.40. The Morgan fingerprint density at radius 1 is 1.50 bits per heavy atom. The molecule has 4 heteroatoms. The minimum Gasteiger partial charge on any atom is -0.466 e. The normalized spacial score (nSPS) is 25.1. The molecule has 0 unspecified atom stereocenters. The number of methoxy groups -OCH3 is 1. The van der Waals surface area contributed by atoms with Crippen molar-refractivity contribution in [3.05, 3.63) is 41.5 Å². The summed E-state index contributed by atoms with van der Waals surface area (Å²) < 4.78 is 4.79. The number of thiol groups is 1. The molecule has 1 aromatic rings. The zero-order valence-corrected chi connectivity index (χ0v) is 13.0. The van der Waals surface area contributed by atoms with Gasteiger partial charge in [-0.25, -0.2) is 4.79 Å². The second-order valence-electron chi connectivity index (χ2n) is 5.14. The number of benzene rings is 1. The van der Waals surface area contributed by atoms with Gasteiger partial charge in [-0.15, -0.1) is 0 Å². The van der Waals surface area contributed by atoms with Crippen molar-refractivity contribution in [3.63, 3.8) is 0 Å². The molecule has 3 atom stereocenters. The average Bonchev–Trinajstić information content (AvgIpc) is 2.48. The Morgan fingerprint density at radius 2 is 2.20 bits per heavy atom. The first-order chi connectivity index (χ1) is 9.58. The first kappa shape index (κ1) is 15.1. The molecule has 2 rings (SSSR count). The lowest BCUT2D eigenvalue weighted by atomic mass is 9.83. The highest BCUT2D eigenvalue weighted by molar-refractivity contribution is 7.80. The van der Waals surface area contributed by atoms with E-state index in [1.54, 1.807) is 6.08 Å². The van der Waals surface area contributed by atoms with E-state index in [1.807, 2.05) is 24.3 Å². The zero-order valence-electron chi connectivity index (χ0n) is 12.1. The van der Waals surface area contributed by atoms with Gasteiger partial charge in [0.05, 0.1) is 12.5 Å². The van der Waals surface area contributed by atoms with Crippen LogP contribution in [0.25, 0.3) is 5.57 Å². The van der Waals surface area contributed by atoms with Gasteiger partial charge in [0.25, 0.3) is 0 Å². The monoisotopic (exact) mass is 291 g/mol. The molecule has 20 heavy (non-hydrogen) atoms. The third-order valence-electron chi connectivity index (χ3n) is 3.93. The summed E-state index contributed by atoms with van der Waals surface area (Å²) in [5.74, 6) is 0.0939. The molecule has 1 aliphatic rings. The molecule has 0 spiro atoms. The number of carbonyl (C=O) groups is 1. The van der Waals surface area contributed by atoms with Gasteiger partial charge in [-0.05, 0) is 22.6 Å². The third kappa shape index (κ3) is 2.91. The lowest BCUT2D eigenvalue weighted by Gasteiger charge is -2.36. The third-order valence-corrected chi connectivity index (χ3v) is 4.35. The second-order valence-corrected chi connectivity index (χ2v) is 5.66. The van der Waals surface area contributed by atoms with Crippen LogP contribution in [0.15, 0.2) is 30.3 Å². The Labute approximate surface area is 125 Å². The number of hydrogen-bond donors (Lipinski definition) is 2. The van der Waals surface area contributed by atoms with E-state index >= 15 is 0 Å². The number of esters is 1. The summed E-state index contributed by atoms with van der Waals surface area (Å²) in [6.07, 6.45) is 2.63. The lowest BCUT2D eigenvalue weighted by Crippen LogP contribution is -2.41. The molecule has 0 saturated carbocycles. The summed E-state index contributed by atoms with van der Waals surface area (Å²) in [5, 5.41) is 3.48. The molecular weight excluding hydrogens is 270 g/mol. The molecule has 0 fully saturated rings. The first-order valence-corrected chi connectivity index (χ1v) is 7.43. The van der Waals surface area contributed by atoms with Gasteiger partial charge in [0.1, 0.15) is 0 Å². The van der Waals surface area contributed by atoms with Crippen LogP contribution in [0.3, 0.4) is 0 Å². The number of ether oxygens (including phenoxy) is 1. The van der Waals surface area contributed by atoms with Gasteiger partial charge in [0, 0.05) is 12.1 Å². The Morgan fingerprint density at radius 3 is 2.85 bits per heavy atom. The van der Waals surface area contributed by atoms with Crippen LogP contribution in [0.4, 0.5) is 0 Å². The highest BCUT2D eigenvalue weighted by atomic mass is 32.1. The van der Waals surface area contributed by atoms with Crippen LogP contribution in [-0.2, 0) is 9.53 Å². The Balaban J connectivity index is 2.52. The molecule has 0 amide bonds. The van der Waals surface area contributed by atoms with E-state index < -0.39 is 0 Å². The van der Waals surface area contributed by atoms with Crippen LogP contribution in [0.5, 0.6) is 0 Å². The van der Waals surface area contributed by atoms with Gasteiger partial charge in [-0.3, -0.25) is 5.32 Å². The Kier molecular flexibility index (Phi) is 4.89. The molecule has 3 nitrogen and oxygen atoms in total. The topological polar surface area (TPSA) is 38.3 Å². The van der Waals surface area contributed by atoms with Crippen molar-refractivity contribution < 1.29 is 9.53 Å². The van der Waals surface area contributed by atoms with Crippen molar-refractivity contribution in [2.75, 3.05) is 7.11 Å². The van der Waals surface area contributed by atoms with E-state index in [0.29, 0.717) is 5.92 Å². The van der Waals surface area contributed by atoms with Crippen LogP contribution in [0, 0.1) is 5.92 Å². The average molecular weight is 291 g/mol. The summed E-state index contributed by atoms with van der Waals surface area (Å²) in [6, 6.07) is 8.17. The number of rotatable bonds is 3. The fourth-order valence-electron chi connectivity index (χ4n) is 2.58. The van der Waals surface area contributed by atoms with E-state index in [2.05, 4.69) is 31.8 Å². The van der Waals surface area contributed by atoms with E-state index in [1.165, 1.54) is 7.11 Å². The lowest BCUT2D eigenvalue weighted by molar-refractivity contribution is -0.134. The van der Waals surface area contributed by atoms with Crippen molar-refractivity contribution in [1.82, 2.24) is 5.32 Å². The summed E-state index contributed by atoms with van der Waals surface area (Å²) in [5.41, 5.74) is 3.18. The van der Waals surface area contributed by atoms with E-state index in [-0.39, 0.29) is 17.4 Å². The number of carbonyl (C=O) groups excluding carboxylic acids is 1. The smallest absolute Gasteiger partial charge is 0.330 e. The Hall–Kier alpha value is -1.26. The maximum atomic E-state index is 11.7. The van der Waals surface area contributed by atoms with Gasteiger partial charge in [0.15, 0.2) is 0 Å². The molecule has 1 aliphatic heterocycles. The van der Waals surface area contributed by atoms with Crippen molar-refractivity contribution in [3.8, 4) is 0 Å². The minimum absolute atomic E-state index is 0.0139. The summed E-state index contributed by atoms with van der Waals surface area (Å²) >= 11 is 4.63. The standard InChI is InChI=1S/C16H21NO2S/c1-4-10(2)15-13(9-14(18)19-3)11-7-5-6-8-12(11)16(20)17-15/h5-10,15-17,20H,4H2,1-3H3/b13-9-/t10-,15-,16-/m0/s1.